The minimum atomic E-state index is -0.825. The number of aliphatic imine (C=N–C) groups is 1. The number of aromatic hydroxyl groups is 1. The van der Waals surface area contributed by atoms with Crippen molar-refractivity contribution in [1.29, 1.82) is 0 Å². The second kappa shape index (κ2) is 9.39. The highest BCUT2D eigenvalue weighted by atomic mass is 19.2. The molecule has 1 fully saturated rings. The lowest BCUT2D eigenvalue weighted by Crippen LogP contribution is -2.52. The van der Waals surface area contributed by atoms with Gasteiger partial charge in [0, 0.05) is 39.3 Å². The van der Waals surface area contributed by atoms with Gasteiger partial charge in [-0.25, -0.2) is 8.78 Å². The van der Waals surface area contributed by atoms with Gasteiger partial charge < -0.3 is 20.2 Å². The molecular formula is C21H26F2N4O. The van der Waals surface area contributed by atoms with Crippen molar-refractivity contribution in [2.24, 2.45) is 4.99 Å². The maximum absolute atomic E-state index is 13.8. The summed E-state index contributed by atoms with van der Waals surface area (Å²) in [6.07, 6.45) is 0.344. The first-order valence-corrected chi connectivity index (χ1v) is 9.59. The first kappa shape index (κ1) is 19.9. The molecule has 0 radical (unpaired) electrons. The third kappa shape index (κ3) is 4.71. The molecule has 0 bridgehead atoms. The second-order valence-corrected chi connectivity index (χ2v) is 6.66. The number of guanidine groups is 1. The Balaban J connectivity index is 1.60. The van der Waals surface area contributed by atoms with Crippen LogP contribution in [0.1, 0.15) is 12.5 Å². The molecule has 1 saturated heterocycles. The van der Waals surface area contributed by atoms with Crippen LogP contribution in [0.4, 0.5) is 14.5 Å². The van der Waals surface area contributed by atoms with Gasteiger partial charge in [-0.1, -0.05) is 24.3 Å². The Morgan fingerprint density at radius 2 is 1.82 bits per heavy atom. The van der Waals surface area contributed by atoms with Crippen molar-refractivity contribution in [3.8, 4) is 5.75 Å². The monoisotopic (exact) mass is 388 g/mol. The third-order valence-electron chi connectivity index (χ3n) is 4.81. The van der Waals surface area contributed by atoms with Crippen LogP contribution in [-0.4, -0.2) is 55.2 Å². The zero-order valence-corrected chi connectivity index (χ0v) is 16.0. The van der Waals surface area contributed by atoms with Crippen LogP contribution in [0.3, 0.4) is 0 Å². The molecule has 150 valence electrons. The lowest BCUT2D eigenvalue weighted by atomic mass is 10.1. The van der Waals surface area contributed by atoms with Crippen LogP contribution in [0, 0.1) is 11.6 Å². The molecular weight excluding hydrogens is 362 g/mol. The van der Waals surface area contributed by atoms with E-state index in [0.717, 1.165) is 50.4 Å². The number of hydrogen-bond donors (Lipinski definition) is 2. The topological polar surface area (TPSA) is 51.1 Å². The molecule has 28 heavy (non-hydrogen) atoms. The molecule has 1 heterocycles. The fourth-order valence-electron chi connectivity index (χ4n) is 3.34. The van der Waals surface area contributed by atoms with Gasteiger partial charge in [0.25, 0.3) is 0 Å². The fraction of sp³-hybridized carbons (Fsp3) is 0.381. The van der Waals surface area contributed by atoms with Crippen LogP contribution in [0.2, 0.25) is 0 Å². The van der Waals surface area contributed by atoms with Crippen LogP contribution in [0.15, 0.2) is 47.5 Å². The molecule has 7 heteroatoms. The van der Waals surface area contributed by atoms with E-state index in [1.165, 1.54) is 6.07 Å². The number of nitrogens with zero attached hydrogens (tertiary/aromatic N) is 3. The van der Waals surface area contributed by atoms with Crippen molar-refractivity contribution in [2.45, 2.75) is 13.3 Å². The van der Waals surface area contributed by atoms with E-state index in [0.29, 0.717) is 18.5 Å². The van der Waals surface area contributed by atoms with Crippen molar-refractivity contribution in [3.05, 3.63) is 59.7 Å². The average Bonchev–Trinajstić information content (AvgIpc) is 2.71. The zero-order valence-electron chi connectivity index (χ0n) is 16.0. The molecule has 3 rings (SSSR count). The number of phenolic OH excluding ortho intramolecular Hbond substituents is 1. The van der Waals surface area contributed by atoms with Gasteiger partial charge in [0.1, 0.15) is 5.75 Å². The number of nitrogens with one attached hydrogen (secondary N) is 1. The first-order chi connectivity index (χ1) is 13.6. The van der Waals surface area contributed by atoms with E-state index in [1.807, 2.05) is 25.1 Å². The highest BCUT2D eigenvalue weighted by molar-refractivity contribution is 5.80. The SMILES string of the molecule is CCNC(=NCCc1cccc(F)c1F)N1CCN(c2ccccc2O)CC1. The maximum atomic E-state index is 13.8. The normalized spacial score (nSPS) is 15.0. The Morgan fingerprint density at radius 3 is 2.54 bits per heavy atom. The molecule has 1 aliphatic heterocycles. The summed E-state index contributed by atoms with van der Waals surface area (Å²) in [6.45, 7) is 6.15. The van der Waals surface area contributed by atoms with Gasteiger partial charge in [0.15, 0.2) is 17.6 Å². The number of hydrogen-bond acceptors (Lipinski definition) is 3. The summed E-state index contributed by atoms with van der Waals surface area (Å²) in [6, 6.07) is 11.6. The van der Waals surface area contributed by atoms with Crippen molar-refractivity contribution in [2.75, 3.05) is 44.2 Å². The Bertz CT molecular complexity index is 820. The number of halogens is 2. The summed E-state index contributed by atoms with van der Waals surface area (Å²) in [4.78, 5) is 8.90. The number of rotatable bonds is 5. The molecule has 0 aliphatic carbocycles. The predicted molar refractivity (Wildman–Crippen MR) is 108 cm³/mol. The fourth-order valence-corrected chi connectivity index (χ4v) is 3.34. The lowest BCUT2D eigenvalue weighted by molar-refractivity contribution is 0.370. The molecule has 0 unspecified atom stereocenters. The predicted octanol–water partition coefficient (Wildman–Crippen LogP) is 3.00. The van der Waals surface area contributed by atoms with Gasteiger partial charge in [-0.2, -0.15) is 0 Å². The van der Waals surface area contributed by atoms with Crippen LogP contribution >= 0.6 is 0 Å². The van der Waals surface area contributed by atoms with Gasteiger partial charge in [0.2, 0.25) is 0 Å². The number of anilines is 1. The lowest BCUT2D eigenvalue weighted by Gasteiger charge is -2.37. The van der Waals surface area contributed by atoms with Crippen molar-refractivity contribution < 1.29 is 13.9 Å². The van der Waals surface area contributed by atoms with E-state index in [4.69, 9.17) is 0 Å². The maximum Gasteiger partial charge on any atom is 0.194 e. The summed E-state index contributed by atoms with van der Waals surface area (Å²) in [7, 11) is 0. The molecule has 0 saturated carbocycles. The van der Waals surface area contributed by atoms with Crippen LogP contribution in [0.5, 0.6) is 5.75 Å². The largest absolute Gasteiger partial charge is 0.506 e. The Hall–Kier alpha value is -2.83. The molecule has 0 spiro atoms. The van der Waals surface area contributed by atoms with Crippen LogP contribution < -0.4 is 10.2 Å². The highest BCUT2D eigenvalue weighted by Gasteiger charge is 2.21. The minimum absolute atomic E-state index is 0.286. The smallest absolute Gasteiger partial charge is 0.194 e. The highest BCUT2D eigenvalue weighted by Crippen LogP contribution is 2.27. The second-order valence-electron chi connectivity index (χ2n) is 6.66. The van der Waals surface area contributed by atoms with E-state index >= 15 is 0 Å². The average molecular weight is 388 g/mol. The number of phenols is 1. The summed E-state index contributed by atoms with van der Waals surface area (Å²) >= 11 is 0. The third-order valence-corrected chi connectivity index (χ3v) is 4.81. The minimum Gasteiger partial charge on any atom is -0.506 e. The number of piperazine rings is 1. The van der Waals surface area contributed by atoms with E-state index in [2.05, 4.69) is 20.1 Å². The number of benzene rings is 2. The Morgan fingerprint density at radius 1 is 1.07 bits per heavy atom. The molecule has 0 aromatic heterocycles. The Kier molecular flexibility index (Phi) is 6.68. The standard InChI is InChI=1S/C21H26F2N4O/c1-2-24-21(25-11-10-16-6-5-7-17(22)20(16)23)27-14-12-26(13-15-27)18-8-3-4-9-19(18)28/h3-9,28H,2,10-15H2,1H3,(H,24,25). The molecule has 0 amide bonds. The summed E-state index contributed by atoms with van der Waals surface area (Å²) in [5, 5.41) is 13.3. The summed E-state index contributed by atoms with van der Waals surface area (Å²) in [5.74, 6) is -0.558. The molecule has 0 atom stereocenters. The van der Waals surface area contributed by atoms with E-state index < -0.39 is 11.6 Å². The van der Waals surface area contributed by atoms with E-state index in [9.17, 15) is 13.9 Å². The Labute approximate surface area is 164 Å². The molecule has 5 nitrogen and oxygen atoms in total. The number of para-hydroxylation sites is 2. The zero-order chi connectivity index (χ0) is 19.9. The van der Waals surface area contributed by atoms with Crippen LogP contribution in [-0.2, 0) is 6.42 Å². The van der Waals surface area contributed by atoms with E-state index in [-0.39, 0.29) is 5.75 Å². The molecule has 2 aromatic carbocycles. The van der Waals surface area contributed by atoms with Gasteiger partial charge in [0.05, 0.1) is 5.69 Å². The summed E-state index contributed by atoms with van der Waals surface area (Å²) in [5.41, 5.74) is 1.18. The van der Waals surface area contributed by atoms with Gasteiger partial charge in [-0.3, -0.25) is 4.99 Å². The molecule has 2 N–H and O–H groups in total. The van der Waals surface area contributed by atoms with Gasteiger partial charge in [-0.15, -0.1) is 0 Å². The van der Waals surface area contributed by atoms with Gasteiger partial charge >= 0.3 is 0 Å². The van der Waals surface area contributed by atoms with Crippen molar-refractivity contribution in [1.82, 2.24) is 10.2 Å². The van der Waals surface area contributed by atoms with Crippen LogP contribution in [0.25, 0.3) is 0 Å². The van der Waals surface area contributed by atoms with Crippen molar-refractivity contribution >= 4 is 11.6 Å². The quantitative estimate of drug-likeness (QED) is 0.611. The molecule has 1 aliphatic rings. The van der Waals surface area contributed by atoms with Crippen molar-refractivity contribution in [3.63, 3.8) is 0 Å². The first-order valence-electron chi connectivity index (χ1n) is 9.59. The molecule has 2 aromatic rings. The summed E-state index contributed by atoms with van der Waals surface area (Å²) < 4.78 is 27.1. The van der Waals surface area contributed by atoms with E-state index in [1.54, 1.807) is 12.1 Å². The van der Waals surface area contributed by atoms with Gasteiger partial charge in [-0.05, 0) is 37.1 Å².